The van der Waals surface area contributed by atoms with Crippen LogP contribution in [0.2, 0.25) is 5.02 Å². The number of hydrogen-bond donors (Lipinski definition) is 1. The van der Waals surface area contributed by atoms with Crippen LogP contribution in [-0.4, -0.2) is 10.1 Å². The highest BCUT2D eigenvalue weighted by Crippen LogP contribution is 2.26. The predicted octanol–water partition coefficient (Wildman–Crippen LogP) is 4.02. The number of pyridine rings is 1. The third kappa shape index (κ3) is 3.55. The van der Waals surface area contributed by atoms with Crippen molar-refractivity contribution in [3.05, 3.63) is 64.4 Å². The molecule has 1 N–H and O–H groups in total. The summed E-state index contributed by atoms with van der Waals surface area (Å²) in [5.41, 5.74) is 2.56. The first-order chi connectivity index (χ1) is 9.08. The van der Waals surface area contributed by atoms with Gasteiger partial charge in [0.15, 0.2) is 0 Å². The largest absolute Gasteiger partial charge is 0.382 e. The van der Waals surface area contributed by atoms with Crippen LogP contribution in [0.25, 0.3) is 0 Å². The number of rotatable bonds is 4. The molecular formula is C16H18ClNO. The topological polar surface area (TPSA) is 33.1 Å². The quantitative estimate of drug-likeness (QED) is 0.914. The van der Waals surface area contributed by atoms with E-state index in [4.69, 9.17) is 11.6 Å². The van der Waals surface area contributed by atoms with Gasteiger partial charge in [0.2, 0.25) is 0 Å². The molecule has 0 aliphatic carbocycles. The summed E-state index contributed by atoms with van der Waals surface area (Å²) in [6.07, 6.45) is 1.86. The van der Waals surface area contributed by atoms with Gasteiger partial charge in [0.1, 0.15) is 6.10 Å². The normalized spacial score (nSPS) is 12.7. The van der Waals surface area contributed by atoms with Crippen LogP contribution in [0.5, 0.6) is 0 Å². The number of halogens is 1. The fourth-order valence-electron chi connectivity index (χ4n) is 2.12. The minimum absolute atomic E-state index is 0.490. The lowest BCUT2D eigenvalue weighted by Crippen LogP contribution is -2.04. The molecule has 0 saturated heterocycles. The maximum Gasteiger partial charge on any atom is 0.122 e. The number of benzene rings is 1. The number of nitrogens with zero attached hydrogens (tertiary/aromatic N) is 1. The summed E-state index contributed by atoms with van der Waals surface area (Å²) in [5.74, 6) is 0.589. The Morgan fingerprint density at radius 2 is 2.00 bits per heavy atom. The number of aliphatic hydroxyl groups is 1. The standard InChI is InChI=1S/C16H18ClNO/c1-11(2)9-12-5-3-6-13(10-12)16(19)15-14(17)7-4-8-18-15/h3-8,10-11,16,19H,9H2,1-2H3. The fourth-order valence-corrected chi connectivity index (χ4v) is 2.34. The van der Waals surface area contributed by atoms with Gasteiger partial charge in [-0.05, 0) is 35.6 Å². The minimum Gasteiger partial charge on any atom is -0.382 e. The number of aliphatic hydroxyl groups excluding tert-OH is 1. The Morgan fingerprint density at radius 3 is 2.68 bits per heavy atom. The van der Waals surface area contributed by atoms with E-state index in [9.17, 15) is 5.11 Å². The first kappa shape index (κ1) is 14.0. The van der Waals surface area contributed by atoms with Crippen molar-refractivity contribution in [3.63, 3.8) is 0 Å². The van der Waals surface area contributed by atoms with Crippen LogP contribution in [0.4, 0.5) is 0 Å². The second kappa shape index (κ2) is 6.18. The van der Waals surface area contributed by atoms with Crippen molar-refractivity contribution in [3.8, 4) is 0 Å². The van der Waals surface area contributed by atoms with Crippen LogP contribution in [0.1, 0.15) is 36.8 Å². The molecule has 0 saturated carbocycles. The van der Waals surface area contributed by atoms with Gasteiger partial charge in [0, 0.05) is 6.20 Å². The SMILES string of the molecule is CC(C)Cc1cccc(C(O)c2ncccc2Cl)c1. The van der Waals surface area contributed by atoms with Crippen LogP contribution < -0.4 is 0 Å². The molecule has 0 aliphatic heterocycles. The van der Waals surface area contributed by atoms with E-state index in [-0.39, 0.29) is 0 Å². The number of aromatic nitrogens is 1. The molecule has 0 bridgehead atoms. The van der Waals surface area contributed by atoms with E-state index in [1.807, 2.05) is 18.2 Å². The zero-order chi connectivity index (χ0) is 13.8. The molecule has 1 heterocycles. The molecule has 2 nitrogen and oxygen atoms in total. The molecule has 0 fully saturated rings. The zero-order valence-corrected chi connectivity index (χ0v) is 11.9. The van der Waals surface area contributed by atoms with Crippen molar-refractivity contribution < 1.29 is 5.11 Å². The maximum absolute atomic E-state index is 10.4. The smallest absolute Gasteiger partial charge is 0.122 e. The Kier molecular flexibility index (Phi) is 4.56. The van der Waals surface area contributed by atoms with E-state index >= 15 is 0 Å². The first-order valence-corrected chi connectivity index (χ1v) is 6.83. The molecule has 0 amide bonds. The zero-order valence-electron chi connectivity index (χ0n) is 11.2. The van der Waals surface area contributed by atoms with E-state index < -0.39 is 6.10 Å². The number of hydrogen-bond acceptors (Lipinski definition) is 2. The summed E-state index contributed by atoms with van der Waals surface area (Å²) in [5, 5.41) is 10.9. The van der Waals surface area contributed by atoms with Gasteiger partial charge in [0.25, 0.3) is 0 Å². The van der Waals surface area contributed by atoms with Crippen LogP contribution >= 0.6 is 11.6 Å². The second-order valence-electron chi connectivity index (χ2n) is 5.12. The van der Waals surface area contributed by atoms with Crippen molar-refractivity contribution >= 4 is 11.6 Å². The molecule has 1 aromatic heterocycles. The molecule has 1 atom stereocenters. The van der Waals surface area contributed by atoms with Gasteiger partial charge in [-0.3, -0.25) is 4.98 Å². The molecule has 0 aliphatic rings. The maximum atomic E-state index is 10.4. The Hall–Kier alpha value is -1.38. The highest BCUT2D eigenvalue weighted by atomic mass is 35.5. The summed E-state index contributed by atoms with van der Waals surface area (Å²) in [4.78, 5) is 4.16. The summed E-state index contributed by atoms with van der Waals surface area (Å²) in [6, 6.07) is 11.5. The summed E-state index contributed by atoms with van der Waals surface area (Å²) in [6.45, 7) is 4.36. The minimum atomic E-state index is -0.777. The first-order valence-electron chi connectivity index (χ1n) is 6.45. The van der Waals surface area contributed by atoms with Crippen molar-refractivity contribution in [2.75, 3.05) is 0 Å². The molecule has 100 valence electrons. The predicted molar refractivity (Wildman–Crippen MR) is 78.3 cm³/mol. The van der Waals surface area contributed by atoms with Gasteiger partial charge in [-0.15, -0.1) is 0 Å². The van der Waals surface area contributed by atoms with Gasteiger partial charge in [-0.1, -0.05) is 49.7 Å². The molecule has 1 aromatic carbocycles. The Morgan fingerprint density at radius 1 is 1.21 bits per heavy atom. The van der Waals surface area contributed by atoms with Crippen molar-refractivity contribution in [2.24, 2.45) is 5.92 Å². The Balaban J connectivity index is 2.29. The fraction of sp³-hybridized carbons (Fsp3) is 0.312. The summed E-state index contributed by atoms with van der Waals surface area (Å²) < 4.78 is 0. The van der Waals surface area contributed by atoms with E-state index in [1.165, 1.54) is 5.56 Å². The molecule has 2 rings (SSSR count). The molecule has 3 heteroatoms. The van der Waals surface area contributed by atoms with Crippen molar-refractivity contribution in [1.82, 2.24) is 4.98 Å². The van der Waals surface area contributed by atoms with Gasteiger partial charge in [-0.2, -0.15) is 0 Å². The molecule has 0 radical (unpaired) electrons. The van der Waals surface area contributed by atoms with E-state index in [2.05, 4.69) is 24.9 Å². The lowest BCUT2D eigenvalue weighted by atomic mass is 9.98. The molecular weight excluding hydrogens is 258 g/mol. The monoisotopic (exact) mass is 275 g/mol. The van der Waals surface area contributed by atoms with Crippen LogP contribution in [0.3, 0.4) is 0 Å². The molecule has 2 aromatic rings. The molecule has 1 unspecified atom stereocenters. The Bertz CT molecular complexity index is 554. The lowest BCUT2D eigenvalue weighted by molar-refractivity contribution is 0.215. The van der Waals surface area contributed by atoms with Crippen molar-refractivity contribution in [2.45, 2.75) is 26.4 Å². The van der Waals surface area contributed by atoms with Gasteiger partial charge in [0.05, 0.1) is 10.7 Å². The van der Waals surface area contributed by atoms with Crippen molar-refractivity contribution in [1.29, 1.82) is 0 Å². The highest BCUT2D eigenvalue weighted by molar-refractivity contribution is 6.31. The molecule has 0 spiro atoms. The average molecular weight is 276 g/mol. The van der Waals surface area contributed by atoms with Gasteiger partial charge >= 0.3 is 0 Å². The Labute approximate surface area is 119 Å². The van der Waals surface area contributed by atoms with E-state index in [0.717, 1.165) is 12.0 Å². The average Bonchev–Trinajstić information content (AvgIpc) is 2.38. The third-order valence-corrected chi connectivity index (χ3v) is 3.28. The highest BCUT2D eigenvalue weighted by Gasteiger charge is 2.15. The second-order valence-corrected chi connectivity index (χ2v) is 5.52. The van der Waals surface area contributed by atoms with E-state index in [0.29, 0.717) is 16.6 Å². The van der Waals surface area contributed by atoms with Crippen LogP contribution in [0.15, 0.2) is 42.6 Å². The molecule has 19 heavy (non-hydrogen) atoms. The van der Waals surface area contributed by atoms with Gasteiger partial charge < -0.3 is 5.11 Å². The van der Waals surface area contributed by atoms with Crippen LogP contribution in [-0.2, 0) is 6.42 Å². The van der Waals surface area contributed by atoms with Gasteiger partial charge in [-0.25, -0.2) is 0 Å². The van der Waals surface area contributed by atoms with Crippen LogP contribution in [0, 0.1) is 5.92 Å². The van der Waals surface area contributed by atoms with E-state index in [1.54, 1.807) is 18.3 Å². The summed E-state index contributed by atoms with van der Waals surface area (Å²) >= 11 is 6.07. The summed E-state index contributed by atoms with van der Waals surface area (Å²) in [7, 11) is 0. The third-order valence-electron chi connectivity index (χ3n) is 2.96. The lowest BCUT2D eigenvalue weighted by Gasteiger charge is -2.13.